The number of aliphatic hydroxyl groups excluding tert-OH is 3. The molecule has 20 heavy (non-hydrogen) atoms. The Bertz CT molecular complexity index is 701. The van der Waals surface area contributed by atoms with Crippen molar-refractivity contribution in [3.8, 4) is 0 Å². The van der Waals surface area contributed by atoms with Crippen LogP contribution < -0.4 is 11.3 Å². The lowest BCUT2D eigenvalue weighted by atomic mass is 10.2. The van der Waals surface area contributed by atoms with Gasteiger partial charge in [-0.1, -0.05) is 0 Å². The van der Waals surface area contributed by atoms with Crippen molar-refractivity contribution in [3.05, 3.63) is 16.3 Å². The molecule has 0 aliphatic carbocycles. The lowest BCUT2D eigenvalue weighted by Crippen LogP contribution is -2.32. The molecular weight excluding hydrogens is 287 g/mol. The third kappa shape index (κ3) is 1.91. The van der Waals surface area contributed by atoms with Gasteiger partial charge in [0.1, 0.15) is 29.4 Å². The summed E-state index contributed by atoms with van der Waals surface area (Å²) >= 11 is 0. The fourth-order valence-electron chi connectivity index (χ4n) is 2.24. The minimum Gasteiger partial charge on any atom is -0.394 e. The summed E-state index contributed by atoms with van der Waals surface area (Å²) in [4.78, 5) is 22.0. The number of nitrogen functional groups attached to an aromatic ring is 1. The zero-order valence-corrected chi connectivity index (χ0v) is 11.1. The monoisotopic (exact) mass is 300 g/mol. The lowest BCUT2D eigenvalue weighted by molar-refractivity contribution is -0.0124. The first-order valence-corrected chi connectivity index (χ1v) is 7.35. The van der Waals surface area contributed by atoms with Gasteiger partial charge in [-0.05, 0) is 7.53 Å². The number of nitrogens with zero attached hydrogens (tertiary/aromatic N) is 2. The Hall–Kier alpha value is -1.51. The third-order valence-electron chi connectivity index (χ3n) is 3.24. The number of nitrogens with two attached hydrogens (primary N) is 1. The average molecular weight is 300 g/mol. The molecule has 5 atom stereocenters. The van der Waals surface area contributed by atoms with Crippen LogP contribution in [0.3, 0.4) is 0 Å². The van der Waals surface area contributed by atoms with Crippen LogP contribution in [0.4, 0.5) is 5.95 Å². The average Bonchev–Trinajstić information content (AvgIpc) is 2.93. The van der Waals surface area contributed by atoms with E-state index in [0.717, 1.165) is 0 Å². The van der Waals surface area contributed by atoms with Crippen molar-refractivity contribution in [2.75, 3.05) is 12.3 Å². The van der Waals surface area contributed by atoms with Crippen LogP contribution in [0.15, 0.2) is 10.7 Å². The topological polar surface area (TPSA) is 155 Å². The summed E-state index contributed by atoms with van der Waals surface area (Å²) in [6.07, 6.45) is -3.24. The van der Waals surface area contributed by atoms with Crippen LogP contribution in [-0.4, -0.2) is 55.2 Å². The van der Waals surface area contributed by atoms with Gasteiger partial charge in [-0.25, -0.2) is 9.97 Å². The second-order valence-electron chi connectivity index (χ2n) is 4.50. The zero-order valence-electron chi connectivity index (χ0n) is 10.2. The summed E-state index contributed by atoms with van der Waals surface area (Å²) in [6, 6.07) is 0. The number of aliphatic hydroxyl groups is 3. The molecule has 0 amide bonds. The number of rotatable bonds is 2. The Labute approximate surface area is 113 Å². The van der Waals surface area contributed by atoms with Gasteiger partial charge < -0.3 is 25.8 Å². The quantitative estimate of drug-likeness (QED) is 0.449. The maximum absolute atomic E-state index is 11.7. The molecule has 6 N–H and O–H groups in total. The van der Waals surface area contributed by atoms with Crippen LogP contribution in [0, 0.1) is 0 Å². The number of hydrogen-bond donors (Lipinski definition) is 5. The number of hydrogen-bond acceptors (Lipinski definition) is 8. The highest BCUT2D eigenvalue weighted by molar-refractivity contribution is 7.54. The van der Waals surface area contributed by atoms with Crippen LogP contribution in [0.5, 0.6) is 0 Å². The SMILES string of the molecule is Nc1nc2c(ncp2C2OC(CO)C(O)C2O)c(=O)[nH]1. The molecule has 1 fully saturated rings. The van der Waals surface area contributed by atoms with Gasteiger partial charge in [0.25, 0.3) is 5.56 Å². The first-order valence-electron chi connectivity index (χ1n) is 5.87. The summed E-state index contributed by atoms with van der Waals surface area (Å²) in [5.74, 6) is 0.663. The van der Waals surface area contributed by atoms with E-state index in [1.165, 1.54) is 5.93 Å². The fourth-order valence-corrected chi connectivity index (χ4v) is 4.38. The van der Waals surface area contributed by atoms with Crippen molar-refractivity contribution in [3.63, 3.8) is 0 Å². The van der Waals surface area contributed by atoms with Crippen LogP contribution in [0.2, 0.25) is 0 Å². The Morgan fingerprint density at radius 3 is 2.85 bits per heavy atom. The molecule has 0 aromatic carbocycles. The van der Waals surface area contributed by atoms with Gasteiger partial charge in [0.05, 0.1) is 12.5 Å². The molecule has 108 valence electrons. The standard InChI is InChI=1S/C10H13N4O5P/c11-10-13-7(18)4-8(14-10)20(2-12-4)9-6(17)5(16)3(1-15)19-9/h2-3,5-6,9,15-17H,1H2,(H3,11,13,14,18). The number of aromatic amines is 1. The summed E-state index contributed by atoms with van der Waals surface area (Å²) < 4.78 is 5.45. The molecule has 0 saturated carbocycles. The van der Waals surface area contributed by atoms with Crippen molar-refractivity contribution < 1.29 is 20.1 Å². The molecule has 1 aliphatic heterocycles. The number of nitrogens with one attached hydrogen (secondary N) is 1. The maximum atomic E-state index is 11.7. The Balaban J connectivity index is 2.09. The third-order valence-corrected chi connectivity index (χ3v) is 5.38. The molecule has 2 aromatic rings. The van der Waals surface area contributed by atoms with Gasteiger partial charge in [0, 0.05) is 0 Å². The highest BCUT2D eigenvalue weighted by Gasteiger charge is 2.44. The van der Waals surface area contributed by atoms with E-state index < -0.39 is 43.9 Å². The van der Waals surface area contributed by atoms with Gasteiger partial charge >= 0.3 is 0 Å². The maximum Gasteiger partial charge on any atom is 0.279 e. The Morgan fingerprint density at radius 1 is 1.45 bits per heavy atom. The second kappa shape index (κ2) is 4.80. The second-order valence-corrected chi connectivity index (χ2v) is 6.48. The van der Waals surface area contributed by atoms with E-state index in [2.05, 4.69) is 15.0 Å². The predicted octanol–water partition coefficient (Wildman–Crippen LogP) is -1.50. The van der Waals surface area contributed by atoms with E-state index in [1.54, 1.807) is 0 Å². The number of anilines is 1. The summed E-state index contributed by atoms with van der Waals surface area (Å²) in [7, 11) is -1.34. The van der Waals surface area contributed by atoms with Crippen molar-refractivity contribution in [1.82, 2.24) is 15.0 Å². The van der Waals surface area contributed by atoms with E-state index in [1.807, 2.05) is 0 Å². The minimum atomic E-state index is -1.34. The molecule has 9 nitrogen and oxygen atoms in total. The van der Waals surface area contributed by atoms with Crippen LogP contribution in [-0.2, 0) is 4.74 Å². The lowest BCUT2D eigenvalue weighted by Gasteiger charge is -2.13. The number of H-pyrrole nitrogens is 1. The van der Waals surface area contributed by atoms with E-state index in [0.29, 0.717) is 5.25 Å². The summed E-state index contributed by atoms with van der Waals surface area (Å²) in [6.45, 7) is -0.410. The molecule has 5 unspecified atom stereocenters. The molecule has 1 saturated heterocycles. The Morgan fingerprint density at radius 2 is 2.20 bits per heavy atom. The number of ether oxygens (including phenoxy) is 1. The van der Waals surface area contributed by atoms with Gasteiger partial charge in [-0.15, -0.1) is 0 Å². The molecule has 0 bridgehead atoms. The normalized spacial score (nSPS) is 31.1. The molecule has 0 radical (unpaired) electrons. The van der Waals surface area contributed by atoms with Crippen LogP contribution in [0.1, 0.15) is 5.85 Å². The van der Waals surface area contributed by atoms with Crippen LogP contribution >= 0.6 is 7.53 Å². The Kier molecular flexibility index (Phi) is 3.23. The molecule has 0 spiro atoms. The van der Waals surface area contributed by atoms with Crippen molar-refractivity contribution in [2.45, 2.75) is 24.2 Å². The van der Waals surface area contributed by atoms with Gasteiger partial charge in [0.2, 0.25) is 5.95 Å². The molecular formula is C10H13N4O5P. The first kappa shape index (κ1) is 13.5. The van der Waals surface area contributed by atoms with E-state index in [4.69, 9.17) is 15.6 Å². The smallest absolute Gasteiger partial charge is 0.279 e. The molecule has 3 heterocycles. The predicted molar refractivity (Wildman–Crippen MR) is 70.3 cm³/mol. The van der Waals surface area contributed by atoms with Gasteiger partial charge in [0.15, 0.2) is 5.52 Å². The minimum absolute atomic E-state index is 0.0431. The van der Waals surface area contributed by atoms with E-state index in [9.17, 15) is 15.0 Å². The molecule has 10 heteroatoms. The first-order chi connectivity index (χ1) is 9.52. The highest BCUT2D eigenvalue weighted by Crippen LogP contribution is 2.51. The summed E-state index contributed by atoms with van der Waals surface area (Å²) in [5, 5.41) is 29.2. The molecule has 1 aliphatic rings. The van der Waals surface area contributed by atoms with Gasteiger partial charge in [-0.3, -0.25) is 9.78 Å². The number of aromatic nitrogens is 3. The summed E-state index contributed by atoms with van der Waals surface area (Å²) in [5.41, 5.74) is 5.19. The van der Waals surface area contributed by atoms with Crippen molar-refractivity contribution >= 4 is 24.2 Å². The highest BCUT2D eigenvalue weighted by atomic mass is 31.1. The molecule has 2 aromatic heterocycles. The number of fused-ring (bicyclic) bond motifs is 1. The van der Waals surface area contributed by atoms with Crippen molar-refractivity contribution in [2.24, 2.45) is 0 Å². The van der Waals surface area contributed by atoms with Crippen LogP contribution in [0.25, 0.3) is 10.8 Å². The van der Waals surface area contributed by atoms with E-state index in [-0.39, 0.29) is 11.5 Å². The molecule has 3 rings (SSSR count). The fraction of sp³-hybridized carbons (Fsp3) is 0.500. The van der Waals surface area contributed by atoms with Crippen molar-refractivity contribution in [1.29, 1.82) is 0 Å². The largest absolute Gasteiger partial charge is 0.394 e. The van der Waals surface area contributed by atoms with E-state index >= 15 is 0 Å². The van der Waals surface area contributed by atoms with Gasteiger partial charge in [-0.2, -0.15) is 0 Å². The zero-order chi connectivity index (χ0) is 14.4.